The molecule has 9 heteroatoms. The highest BCUT2D eigenvalue weighted by molar-refractivity contribution is 7.47. The molecule has 0 radical (unpaired) electrons. The number of aliphatic hydroxyl groups is 1. The first-order valence-corrected chi connectivity index (χ1v) is 33.0. The Morgan fingerprint density at radius 1 is 0.466 bits per heavy atom. The molecule has 0 aliphatic carbocycles. The van der Waals surface area contributed by atoms with Gasteiger partial charge in [0.2, 0.25) is 5.91 Å². The SMILES string of the molecule is CCCCCCC/C=C\C/C=C\CCCCCCCCCCCCCCCC(=O)NC(COP(=O)(O)OCC[N+](C)(C)C)C(O)/C=C/CC/C=C/CCCCCCCCCCCCCCCCCCCCCC. The zero-order valence-corrected chi connectivity index (χ0v) is 50.0. The minimum absolute atomic E-state index is 0.0560. The maximum absolute atomic E-state index is 13.0. The number of hydrogen-bond acceptors (Lipinski definition) is 5. The number of aliphatic hydroxyl groups excluding tert-OH is 1. The van der Waals surface area contributed by atoms with E-state index < -0.39 is 20.0 Å². The lowest BCUT2D eigenvalue weighted by Gasteiger charge is -2.25. The first-order valence-electron chi connectivity index (χ1n) is 31.5. The van der Waals surface area contributed by atoms with Crippen LogP contribution in [0.2, 0.25) is 0 Å². The number of rotatable bonds is 58. The monoisotopic (exact) mass is 1050 g/mol. The number of likely N-dealkylation sites (N-methyl/N-ethyl adjacent to an activating group) is 1. The number of phosphoric acid groups is 1. The molecule has 0 aliphatic rings. The second kappa shape index (κ2) is 55.2. The second-order valence-corrected chi connectivity index (χ2v) is 24.2. The summed E-state index contributed by atoms with van der Waals surface area (Å²) in [6, 6.07) is -0.866. The van der Waals surface area contributed by atoms with Crippen LogP contribution in [0.5, 0.6) is 0 Å². The van der Waals surface area contributed by atoms with E-state index in [0.29, 0.717) is 17.4 Å². The van der Waals surface area contributed by atoms with Gasteiger partial charge >= 0.3 is 7.82 Å². The minimum atomic E-state index is -4.36. The number of amides is 1. The molecule has 3 unspecified atom stereocenters. The van der Waals surface area contributed by atoms with Gasteiger partial charge in [-0.25, -0.2) is 4.57 Å². The fraction of sp³-hybridized carbons (Fsp3) is 0.859. The normalized spacial score (nSPS) is 14.1. The predicted molar refractivity (Wildman–Crippen MR) is 318 cm³/mol. The van der Waals surface area contributed by atoms with Crippen molar-refractivity contribution in [3.63, 3.8) is 0 Å². The zero-order valence-electron chi connectivity index (χ0n) is 49.1. The van der Waals surface area contributed by atoms with E-state index in [4.69, 9.17) is 9.05 Å². The van der Waals surface area contributed by atoms with Gasteiger partial charge in [-0.3, -0.25) is 13.8 Å². The van der Waals surface area contributed by atoms with E-state index in [1.54, 1.807) is 6.08 Å². The molecule has 1 amide bonds. The van der Waals surface area contributed by atoms with Crippen molar-refractivity contribution in [1.29, 1.82) is 0 Å². The van der Waals surface area contributed by atoms with Crippen molar-refractivity contribution in [2.24, 2.45) is 0 Å². The van der Waals surface area contributed by atoms with Crippen LogP contribution >= 0.6 is 7.82 Å². The first kappa shape index (κ1) is 71.5. The Balaban J connectivity index is 4.19. The van der Waals surface area contributed by atoms with Crippen LogP contribution < -0.4 is 5.32 Å². The van der Waals surface area contributed by atoms with Crippen LogP contribution in [0.15, 0.2) is 48.6 Å². The molecule has 0 saturated carbocycles. The average Bonchev–Trinajstić information content (AvgIpc) is 3.35. The number of hydrogen-bond donors (Lipinski definition) is 3. The maximum Gasteiger partial charge on any atom is 0.472 e. The first-order chi connectivity index (χ1) is 35.5. The van der Waals surface area contributed by atoms with E-state index in [2.05, 4.69) is 55.6 Å². The maximum atomic E-state index is 13.0. The molecular formula is C64H124N2O6P+. The molecular weight excluding hydrogens is 924 g/mol. The largest absolute Gasteiger partial charge is 0.472 e. The number of nitrogens with zero attached hydrogens (tertiary/aromatic N) is 1. The molecule has 73 heavy (non-hydrogen) atoms. The Morgan fingerprint density at radius 3 is 1.18 bits per heavy atom. The Labute approximate surface area is 454 Å². The van der Waals surface area contributed by atoms with Crippen molar-refractivity contribution < 1.29 is 32.9 Å². The summed E-state index contributed by atoms with van der Waals surface area (Å²) < 4.78 is 23.7. The highest BCUT2D eigenvalue weighted by Gasteiger charge is 2.27. The summed E-state index contributed by atoms with van der Waals surface area (Å²) in [7, 11) is 1.56. The van der Waals surface area contributed by atoms with Gasteiger partial charge in [-0.05, 0) is 64.2 Å². The summed E-state index contributed by atoms with van der Waals surface area (Å²) in [4.78, 5) is 23.3. The molecule has 0 fully saturated rings. The fourth-order valence-corrected chi connectivity index (χ4v) is 10.1. The van der Waals surface area contributed by atoms with Gasteiger partial charge in [-0.15, -0.1) is 0 Å². The molecule has 0 rings (SSSR count). The van der Waals surface area contributed by atoms with Crippen LogP contribution in [-0.2, 0) is 18.4 Å². The van der Waals surface area contributed by atoms with Crippen molar-refractivity contribution in [3.05, 3.63) is 48.6 Å². The lowest BCUT2D eigenvalue weighted by atomic mass is 10.0. The topological polar surface area (TPSA) is 105 Å². The third-order valence-electron chi connectivity index (χ3n) is 14.3. The van der Waals surface area contributed by atoms with Gasteiger partial charge in [0.1, 0.15) is 13.2 Å². The number of carbonyl (C=O) groups excluding carboxylic acids is 1. The van der Waals surface area contributed by atoms with Crippen LogP contribution in [0.3, 0.4) is 0 Å². The third kappa shape index (κ3) is 58.0. The summed E-state index contributed by atoms with van der Waals surface area (Å²) in [5, 5.41) is 14.0. The molecule has 0 aliphatic heterocycles. The second-order valence-electron chi connectivity index (χ2n) is 22.8. The molecule has 0 aromatic heterocycles. The molecule has 8 nitrogen and oxygen atoms in total. The van der Waals surface area contributed by atoms with Crippen molar-refractivity contribution in [2.75, 3.05) is 40.9 Å². The number of unbranched alkanes of at least 4 members (excludes halogenated alkanes) is 39. The number of carbonyl (C=O) groups is 1. The van der Waals surface area contributed by atoms with Gasteiger partial charge in [-0.2, -0.15) is 0 Å². The Kier molecular flexibility index (Phi) is 54.1. The van der Waals surface area contributed by atoms with Crippen molar-refractivity contribution in [3.8, 4) is 0 Å². The highest BCUT2D eigenvalue weighted by atomic mass is 31.2. The van der Waals surface area contributed by atoms with Crippen LogP contribution in [0.1, 0.15) is 303 Å². The number of allylic oxidation sites excluding steroid dienone is 7. The molecule has 3 atom stereocenters. The van der Waals surface area contributed by atoms with Gasteiger partial charge in [0.25, 0.3) is 0 Å². The Morgan fingerprint density at radius 2 is 0.795 bits per heavy atom. The summed E-state index contributed by atoms with van der Waals surface area (Å²) in [6.07, 6.45) is 73.8. The quantitative estimate of drug-likeness (QED) is 0.0243. The minimum Gasteiger partial charge on any atom is -0.387 e. The molecule has 3 N–H and O–H groups in total. The molecule has 430 valence electrons. The summed E-state index contributed by atoms with van der Waals surface area (Å²) in [5.41, 5.74) is 0. The van der Waals surface area contributed by atoms with E-state index in [1.165, 1.54) is 238 Å². The van der Waals surface area contributed by atoms with Crippen LogP contribution in [0, 0.1) is 0 Å². The van der Waals surface area contributed by atoms with E-state index in [0.717, 1.165) is 44.9 Å². The standard InChI is InChI=1S/C64H123N2O6P/c1-6-8-10-12-14-16-18-20-22-24-26-28-30-32-34-35-37-39-41-43-45-47-49-51-53-55-57-63(67)62(61-72-73(69,70)71-60-59-66(3,4)5)65-64(68)58-56-54-52-50-48-46-44-42-40-38-36-33-31-29-27-25-23-21-19-17-15-13-11-9-7-2/h19,21,25,27,47,49,55,57,62-63,67H,6-18,20,22-24,26,28-46,48,50-54,56,58-61H2,1-5H3,(H-,65,68,69,70)/p+1/b21-19-,27-25-,49-47+,57-55+. The van der Waals surface area contributed by atoms with Gasteiger partial charge in [0, 0.05) is 6.42 Å². The molecule has 0 heterocycles. The van der Waals surface area contributed by atoms with Crippen molar-refractivity contribution >= 4 is 13.7 Å². The zero-order chi connectivity index (χ0) is 53.5. The van der Waals surface area contributed by atoms with Crippen LogP contribution in [-0.4, -0.2) is 73.4 Å². The Bertz CT molecular complexity index is 1330. The summed E-state index contributed by atoms with van der Waals surface area (Å²) in [5.74, 6) is -0.185. The van der Waals surface area contributed by atoms with E-state index >= 15 is 0 Å². The summed E-state index contributed by atoms with van der Waals surface area (Å²) in [6.45, 7) is 4.82. The smallest absolute Gasteiger partial charge is 0.387 e. The molecule has 0 aromatic carbocycles. The lowest BCUT2D eigenvalue weighted by Crippen LogP contribution is -2.45. The van der Waals surface area contributed by atoms with Crippen LogP contribution in [0.4, 0.5) is 0 Å². The molecule has 0 bridgehead atoms. The van der Waals surface area contributed by atoms with Gasteiger partial charge in [-0.1, -0.05) is 281 Å². The van der Waals surface area contributed by atoms with E-state index in [1.807, 2.05) is 27.2 Å². The van der Waals surface area contributed by atoms with E-state index in [-0.39, 0.29) is 19.1 Å². The highest BCUT2D eigenvalue weighted by Crippen LogP contribution is 2.43. The number of quaternary nitrogens is 1. The van der Waals surface area contributed by atoms with Gasteiger partial charge in [0.05, 0.1) is 39.9 Å². The fourth-order valence-electron chi connectivity index (χ4n) is 9.33. The average molecular weight is 1050 g/mol. The third-order valence-corrected chi connectivity index (χ3v) is 15.3. The van der Waals surface area contributed by atoms with E-state index in [9.17, 15) is 19.4 Å². The number of nitrogens with one attached hydrogen (secondary N) is 1. The molecule has 0 saturated heterocycles. The number of phosphoric ester groups is 1. The van der Waals surface area contributed by atoms with Gasteiger partial charge in [0.15, 0.2) is 0 Å². The van der Waals surface area contributed by atoms with Gasteiger partial charge < -0.3 is 19.8 Å². The molecule has 0 aromatic rings. The summed E-state index contributed by atoms with van der Waals surface area (Å²) >= 11 is 0. The van der Waals surface area contributed by atoms with Crippen LogP contribution in [0.25, 0.3) is 0 Å². The van der Waals surface area contributed by atoms with Crippen molar-refractivity contribution in [1.82, 2.24) is 5.32 Å². The predicted octanol–water partition coefficient (Wildman–Crippen LogP) is 19.5. The Hall–Kier alpha value is -1.54. The van der Waals surface area contributed by atoms with Crippen molar-refractivity contribution in [2.45, 2.75) is 315 Å². The molecule has 0 spiro atoms. The lowest BCUT2D eigenvalue weighted by molar-refractivity contribution is -0.870.